The quantitative estimate of drug-likeness (QED) is 0.449. The summed E-state index contributed by atoms with van der Waals surface area (Å²) in [5.41, 5.74) is 1.78. The number of fused-ring (bicyclic) bond motifs is 1. The van der Waals surface area contributed by atoms with Gasteiger partial charge in [-0.1, -0.05) is 60.7 Å². The van der Waals surface area contributed by atoms with E-state index >= 15 is 0 Å². The summed E-state index contributed by atoms with van der Waals surface area (Å²) in [5, 5.41) is 4.48. The summed E-state index contributed by atoms with van der Waals surface area (Å²) in [7, 11) is -3.95. The van der Waals surface area contributed by atoms with Crippen molar-refractivity contribution in [3.8, 4) is 0 Å². The molecule has 0 fully saturated rings. The summed E-state index contributed by atoms with van der Waals surface area (Å²) in [6.45, 7) is 1.89. The number of amides is 1. The van der Waals surface area contributed by atoms with Crippen LogP contribution in [0, 0.1) is 6.92 Å². The van der Waals surface area contributed by atoms with Crippen molar-refractivity contribution >= 4 is 32.5 Å². The molecule has 6 nitrogen and oxygen atoms in total. The number of rotatable bonds is 7. The van der Waals surface area contributed by atoms with Crippen molar-refractivity contribution in [2.45, 2.75) is 24.3 Å². The van der Waals surface area contributed by atoms with Crippen LogP contribution in [0.3, 0.4) is 0 Å². The zero-order valence-electron chi connectivity index (χ0n) is 17.5. The van der Waals surface area contributed by atoms with E-state index in [1.54, 1.807) is 30.5 Å². The lowest BCUT2D eigenvalue weighted by atomic mass is 10.1. The Morgan fingerprint density at radius 2 is 1.62 bits per heavy atom. The molecule has 0 aliphatic rings. The minimum absolute atomic E-state index is 0.107. The molecule has 4 aromatic rings. The highest BCUT2D eigenvalue weighted by Crippen LogP contribution is 2.20. The van der Waals surface area contributed by atoms with E-state index in [0.717, 1.165) is 21.9 Å². The molecule has 0 unspecified atom stereocenters. The van der Waals surface area contributed by atoms with E-state index < -0.39 is 22.0 Å². The van der Waals surface area contributed by atoms with Gasteiger partial charge >= 0.3 is 0 Å². The smallest absolute Gasteiger partial charge is 0.244 e. The van der Waals surface area contributed by atoms with E-state index in [-0.39, 0.29) is 11.3 Å². The molecule has 1 heterocycles. The Morgan fingerprint density at radius 1 is 0.906 bits per heavy atom. The second-order valence-electron chi connectivity index (χ2n) is 7.58. The van der Waals surface area contributed by atoms with Crippen LogP contribution < -0.4 is 10.0 Å². The summed E-state index contributed by atoms with van der Waals surface area (Å²) in [6, 6.07) is 24.3. The average molecular weight is 446 g/mol. The predicted molar refractivity (Wildman–Crippen MR) is 126 cm³/mol. The highest BCUT2D eigenvalue weighted by molar-refractivity contribution is 7.89. The molecule has 4 rings (SSSR count). The molecular formula is C25H23N3O3S. The van der Waals surface area contributed by atoms with Gasteiger partial charge in [0.25, 0.3) is 0 Å². The monoisotopic (exact) mass is 445 g/mol. The van der Waals surface area contributed by atoms with Crippen molar-refractivity contribution in [1.82, 2.24) is 9.71 Å². The summed E-state index contributed by atoms with van der Waals surface area (Å²) in [4.78, 5) is 17.3. The zero-order chi connectivity index (χ0) is 22.6. The van der Waals surface area contributed by atoms with Gasteiger partial charge in [0.2, 0.25) is 15.9 Å². The number of pyridine rings is 1. The number of hydrogen-bond donors (Lipinski definition) is 2. The fourth-order valence-corrected chi connectivity index (χ4v) is 4.68. The molecule has 0 saturated heterocycles. The molecule has 0 aliphatic heterocycles. The van der Waals surface area contributed by atoms with Gasteiger partial charge in [-0.2, -0.15) is 4.72 Å². The molecule has 2 N–H and O–H groups in total. The first-order chi connectivity index (χ1) is 15.4. The second kappa shape index (κ2) is 9.30. The second-order valence-corrected chi connectivity index (χ2v) is 9.29. The number of carbonyl (C=O) groups excluding carboxylic acids is 1. The number of hydrogen-bond acceptors (Lipinski definition) is 4. The minimum atomic E-state index is -3.95. The molecule has 0 bridgehead atoms. The van der Waals surface area contributed by atoms with Crippen LogP contribution in [0.1, 0.15) is 11.1 Å². The lowest BCUT2D eigenvalue weighted by Gasteiger charge is -2.19. The Hall–Kier alpha value is -3.55. The molecule has 1 amide bonds. The van der Waals surface area contributed by atoms with Crippen LogP contribution in [0.15, 0.2) is 96.0 Å². The molecular weight excluding hydrogens is 422 g/mol. The summed E-state index contributed by atoms with van der Waals surface area (Å²) in [5.74, 6) is -0.103. The number of aryl methyl sites for hydroxylation is 1. The molecule has 162 valence electrons. The molecule has 1 atom stereocenters. The summed E-state index contributed by atoms with van der Waals surface area (Å²) < 4.78 is 29.0. The van der Waals surface area contributed by atoms with Gasteiger partial charge in [-0.25, -0.2) is 13.4 Å². The third-order valence-electron chi connectivity index (χ3n) is 5.09. The Labute approximate surface area is 187 Å². The maximum absolute atomic E-state index is 13.2. The van der Waals surface area contributed by atoms with Crippen molar-refractivity contribution in [1.29, 1.82) is 0 Å². The van der Waals surface area contributed by atoms with Gasteiger partial charge in [0.15, 0.2) is 0 Å². The minimum Gasteiger partial charge on any atom is -0.309 e. The lowest BCUT2D eigenvalue weighted by molar-refractivity contribution is -0.117. The summed E-state index contributed by atoms with van der Waals surface area (Å²) >= 11 is 0. The van der Waals surface area contributed by atoms with E-state index in [9.17, 15) is 13.2 Å². The standard InChI is InChI=1S/C25H23N3O3S/c1-18-13-14-26-24(15-18)27-25(29)23(16-19-7-3-2-4-8-19)28-32(30,31)22-12-11-20-9-5-6-10-21(20)17-22/h2-15,17,23,28H,16H2,1H3,(H,26,27,29)/t23-/m0/s1. The first kappa shape index (κ1) is 21.7. The van der Waals surface area contributed by atoms with Crippen LogP contribution >= 0.6 is 0 Å². The van der Waals surface area contributed by atoms with Gasteiger partial charge in [0, 0.05) is 6.20 Å². The van der Waals surface area contributed by atoms with Gasteiger partial charge in [-0.05, 0) is 59.5 Å². The molecule has 0 radical (unpaired) electrons. The average Bonchev–Trinajstić information content (AvgIpc) is 2.79. The number of nitrogens with zero attached hydrogens (tertiary/aromatic N) is 1. The van der Waals surface area contributed by atoms with Crippen LogP contribution in [0.2, 0.25) is 0 Å². The fraction of sp³-hybridized carbons (Fsp3) is 0.120. The number of nitrogens with one attached hydrogen (secondary N) is 2. The lowest BCUT2D eigenvalue weighted by Crippen LogP contribution is -2.45. The van der Waals surface area contributed by atoms with Gasteiger partial charge in [0.05, 0.1) is 4.90 Å². The molecule has 3 aromatic carbocycles. The topological polar surface area (TPSA) is 88.2 Å². The maximum Gasteiger partial charge on any atom is 0.244 e. The SMILES string of the molecule is Cc1ccnc(NC(=O)[C@H](Cc2ccccc2)NS(=O)(=O)c2ccc3ccccc3c2)c1. The van der Waals surface area contributed by atoms with Crippen molar-refractivity contribution in [3.63, 3.8) is 0 Å². The van der Waals surface area contributed by atoms with E-state index in [4.69, 9.17) is 0 Å². The third kappa shape index (κ3) is 5.19. The number of aromatic nitrogens is 1. The molecule has 1 aromatic heterocycles. The van der Waals surface area contributed by atoms with E-state index in [1.807, 2.05) is 67.6 Å². The number of carbonyl (C=O) groups is 1. The first-order valence-corrected chi connectivity index (χ1v) is 11.7. The molecule has 0 aliphatic carbocycles. The van der Waals surface area contributed by atoms with Gasteiger partial charge < -0.3 is 5.32 Å². The highest BCUT2D eigenvalue weighted by Gasteiger charge is 2.26. The predicted octanol–water partition coefficient (Wildman–Crippen LogP) is 4.07. The van der Waals surface area contributed by atoms with Crippen molar-refractivity contribution < 1.29 is 13.2 Å². The highest BCUT2D eigenvalue weighted by atomic mass is 32.2. The van der Waals surface area contributed by atoms with E-state index in [0.29, 0.717) is 5.82 Å². The van der Waals surface area contributed by atoms with Crippen molar-refractivity contribution in [3.05, 3.63) is 102 Å². The zero-order valence-corrected chi connectivity index (χ0v) is 18.3. The Bertz CT molecular complexity index is 1360. The molecule has 0 saturated carbocycles. The maximum atomic E-state index is 13.2. The fourth-order valence-electron chi connectivity index (χ4n) is 3.45. The van der Waals surface area contributed by atoms with E-state index in [1.165, 1.54) is 0 Å². The number of benzene rings is 3. The third-order valence-corrected chi connectivity index (χ3v) is 6.56. The van der Waals surface area contributed by atoms with Crippen LogP contribution in [-0.4, -0.2) is 25.4 Å². The van der Waals surface area contributed by atoms with Crippen molar-refractivity contribution in [2.24, 2.45) is 0 Å². The number of sulfonamides is 1. The molecule has 32 heavy (non-hydrogen) atoms. The van der Waals surface area contributed by atoms with Crippen LogP contribution in [0.4, 0.5) is 5.82 Å². The normalized spacial score (nSPS) is 12.4. The molecule has 0 spiro atoms. The first-order valence-electron chi connectivity index (χ1n) is 10.2. The van der Waals surface area contributed by atoms with Gasteiger partial charge in [-0.3, -0.25) is 4.79 Å². The number of anilines is 1. The van der Waals surface area contributed by atoms with Crippen LogP contribution in [-0.2, 0) is 21.2 Å². The van der Waals surface area contributed by atoms with Crippen LogP contribution in [0.5, 0.6) is 0 Å². The van der Waals surface area contributed by atoms with E-state index in [2.05, 4.69) is 15.0 Å². The Kier molecular flexibility index (Phi) is 6.30. The Morgan fingerprint density at radius 3 is 2.38 bits per heavy atom. The van der Waals surface area contributed by atoms with Crippen molar-refractivity contribution in [2.75, 3.05) is 5.32 Å². The Balaban J connectivity index is 1.62. The van der Waals surface area contributed by atoms with Crippen LogP contribution in [0.25, 0.3) is 10.8 Å². The van der Waals surface area contributed by atoms with Gasteiger partial charge in [-0.15, -0.1) is 0 Å². The largest absolute Gasteiger partial charge is 0.309 e. The summed E-state index contributed by atoms with van der Waals surface area (Å²) in [6.07, 6.45) is 1.79. The van der Waals surface area contributed by atoms with Gasteiger partial charge in [0.1, 0.15) is 11.9 Å². The molecule has 7 heteroatoms.